The van der Waals surface area contributed by atoms with Crippen molar-refractivity contribution in [3.05, 3.63) is 71.0 Å². The van der Waals surface area contributed by atoms with Crippen LogP contribution in [0.5, 0.6) is 0 Å². The number of rotatable bonds is 6. The van der Waals surface area contributed by atoms with E-state index in [0.717, 1.165) is 17.9 Å². The second-order valence-electron chi connectivity index (χ2n) is 6.31. The molecule has 0 aliphatic carbocycles. The molecule has 0 N–H and O–H groups in total. The Morgan fingerprint density at radius 3 is 2.68 bits per heavy atom. The molecule has 146 valence electrons. The largest absolute Gasteiger partial charge is 0.454 e. The van der Waals surface area contributed by atoms with Crippen molar-refractivity contribution in [2.24, 2.45) is 0 Å². The predicted molar refractivity (Wildman–Crippen MR) is 103 cm³/mol. The van der Waals surface area contributed by atoms with Gasteiger partial charge in [-0.2, -0.15) is 0 Å². The van der Waals surface area contributed by atoms with Crippen molar-refractivity contribution < 1.29 is 27.1 Å². The van der Waals surface area contributed by atoms with Gasteiger partial charge in [0.2, 0.25) is 10.0 Å². The summed E-state index contributed by atoms with van der Waals surface area (Å²) in [5, 5.41) is 0. The van der Waals surface area contributed by atoms with Gasteiger partial charge < -0.3 is 4.74 Å². The van der Waals surface area contributed by atoms with Crippen LogP contribution >= 0.6 is 0 Å². The minimum atomic E-state index is -3.36. The highest BCUT2D eigenvalue weighted by Crippen LogP contribution is 2.30. The van der Waals surface area contributed by atoms with Gasteiger partial charge in [-0.05, 0) is 42.3 Å². The van der Waals surface area contributed by atoms with Gasteiger partial charge in [0, 0.05) is 23.7 Å². The number of fused-ring (bicyclic) bond motifs is 1. The first-order valence-electron chi connectivity index (χ1n) is 8.49. The van der Waals surface area contributed by atoms with E-state index in [1.54, 1.807) is 18.2 Å². The molecule has 0 saturated carbocycles. The Morgan fingerprint density at radius 1 is 1.21 bits per heavy atom. The van der Waals surface area contributed by atoms with Gasteiger partial charge in [0.15, 0.2) is 12.4 Å². The molecule has 0 aromatic heterocycles. The standard InChI is InChI=1S/C20H18FNO5S/c1-28(25,26)22-11-10-15-12-16(6-8-18(15)22)19(23)13-27-20(24)9-7-14-4-2-3-5-17(14)21/h2-9,12H,10-11,13H2,1H3/b9-7+. The third kappa shape index (κ3) is 4.45. The summed E-state index contributed by atoms with van der Waals surface area (Å²) in [4.78, 5) is 24.0. The van der Waals surface area contributed by atoms with Crippen molar-refractivity contribution in [1.29, 1.82) is 0 Å². The van der Waals surface area contributed by atoms with Crippen molar-refractivity contribution in [2.75, 3.05) is 23.7 Å². The fourth-order valence-electron chi connectivity index (χ4n) is 2.93. The lowest BCUT2D eigenvalue weighted by Gasteiger charge is -2.16. The van der Waals surface area contributed by atoms with Gasteiger partial charge in [-0.25, -0.2) is 17.6 Å². The van der Waals surface area contributed by atoms with Crippen LogP contribution in [0.4, 0.5) is 10.1 Å². The van der Waals surface area contributed by atoms with Crippen LogP contribution in [0, 0.1) is 5.82 Å². The van der Waals surface area contributed by atoms with E-state index < -0.39 is 34.2 Å². The van der Waals surface area contributed by atoms with Gasteiger partial charge in [0.05, 0.1) is 11.9 Å². The number of benzene rings is 2. The maximum absolute atomic E-state index is 13.5. The lowest BCUT2D eigenvalue weighted by Crippen LogP contribution is -2.27. The van der Waals surface area contributed by atoms with E-state index in [1.165, 1.54) is 34.6 Å². The number of carbonyl (C=O) groups is 2. The predicted octanol–water partition coefficient (Wildman–Crippen LogP) is 2.59. The summed E-state index contributed by atoms with van der Waals surface area (Å²) >= 11 is 0. The van der Waals surface area contributed by atoms with E-state index in [-0.39, 0.29) is 5.56 Å². The molecule has 6 nitrogen and oxygen atoms in total. The number of halogens is 1. The van der Waals surface area contributed by atoms with Crippen LogP contribution in [-0.4, -0.2) is 39.6 Å². The molecule has 28 heavy (non-hydrogen) atoms. The SMILES string of the molecule is CS(=O)(=O)N1CCc2cc(C(=O)COC(=O)/C=C/c3ccccc3F)ccc21. The molecule has 0 unspecified atom stereocenters. The van der Waals surface area contributed by atoms with Crippen LogP contribution in [0.3, 0.4) is 0 Å². The number of hydrogen-bond acceptors (Lipinski definition) is 5. The normalized spacial score (nSPS) is 13.6. The maximum atomic E-state index is 13.5. The number of carbonyl (C=O) groups excluding carboxylic acids is 2. The molecule has 0 atom stereocenters. The first-order valence-corrected chi connectivity index (χ1v) is 10.3. The molecular weight excluding hydrogens is 385 g/mol. The maximum Gasteiger partial charge on any atom is 0.331 e. The molecule has 2 aromatic carbocycles. The zero-order valence-electron chi connectivity index (χ0n) is 15.1. The summed E-state index contributed by atoms with van der Waals surface area (Å²) < 4.78 is 43.2. The number of ketones is 1. The Bertz CT molecular complexity index is 1060. The van der Waals surface area contributed by atoms with Gasteiger partial charge >= 0.3 is 5.97 Å². The molecule has 1 aliphatic rings. The van der Waals surface area contributed by atoms with Crippen molar-refractivity contribution in [2.45, 2.75) is 6.42 Å². The van der Waals surface area contributed by atoms with Crippen LogP contribution in [-0.2, 0) is 26.0 Å². The average molecular weight is 403 g/mol. The fraction of sp³-hybridized carbons (Fsp3) is 0.200. The second-order valence-corrected chi connectivity index (χ2v) is 8.22. The van der Waals surface area contributed by atoms with E-state index >= 15 is 0 Å². The Balaban J connectivity index is 1.61. The van der Waals surface area contributed by atoms with Crippen LogP contribution < -0.4 is 4.31 Å². The molecule has 0 spiro atoms. The van der Waals surface area contributed by atoms with Gasteiger partial charge in [-0.1, -0.05) is 18.2 Å². The number of anilines is 1. The third-order valence-electron chi connectivity index (χ3n) is 4.30. The molecule has 0 radical (unpaired) electrons. The number of sulfonamides is 1. The quantitative estimate of drug-likeness (QED) is 0.421. The van der Waals surface area contributed by atoms with Crippen LogP contribution in [0.15, 0.2) is 48.5 Å². The van der Waals surface area contributed by atoms with Gasteiger partial charge in [0.25, 0.3) is 0 Å². The molecule has 2 aromatic rings. The van der Waals surface area contributed by atoms with E-state index in [2.05, 4.69) is 0 Å². The average Bonchev–Trinajstić information content (AvgIpc) is 3.09. The van der Waals surface area contributed by atoms with Crippen LogP contribution in [0.1, 0.15) is 21.5 Å². The zero-order valence-corrected chi connectivity index (χ0v) is 15.9. The molecule has 0 amide bonds. The number of ether oxygens (including phenoxy) is 1. The summed E-state index contributed by atoms with van der Waals surface area (Å²) in [5.41, 5.74) is 1.88. The molecule has 1 aliphatic heterocycles. The Hall–Kier alpha value is -3.00. The number of nitrogens with zero attached hydrogens (tertiary/aromatic N) is 1. The molecular formula is C20H18FNO5S. The summed E-state index contributed by atoms with van der Waals surface area (Å²) in [5.74, 6) is -1.64. The summed E-state index contributed by atoms with van der Waals surface area (Å²) in [6, 6.07) is 10.7. The summed E-state index contributed by atoms with van der Waals surface area (Å²) in [6.07, 6.45) is 3.97. The molecule has 3 rings (SSSR count). The number of hydrogen-bond donors (Lipinski definition) is 0. The highest BCUT2D eigenvalue weighted by Gasteiger charge is 2.26. The highest BCUT2D eigenvalue weighted by molar-refractivity contribution is 7.92. The smallest absolute Gasteiger partial charge is 0.331 e. The van der Waals surface area contributed by atoms with E-state index in [9.17, 15) is 22.4 Å². The highest BCUT2D eigenvalue weighted by atomic mass is 32.2. The summed E-state index contributed by atoms with van der Waals surface area (Å²) in [7, 11) is -3.36. The van der Waals surface area contributed by atoms with Gasteiger partial charge in [0.1, 0.15) is 5.82 Å². The van der Waals surface area contributed by atoms with Crippen molar-refractivity contribution >= 4 is 33.5 Å². The Labute approximate surface area is 162 Å². The number of esters is 1. The summed E-state index contributed by atoms with van der Waals surface area (Å²) in [6.45, 7) is -0.128. The minimum Gasteiger partial charge on any atom is -0.454 e. The lowest BCUT2D eigenvalue weighted by atomic mass is 10.1. The Morgan fingerprint density at radius 2 is 1.96 bits per heavy atom. The molecule has 0 saturated heterocycles. The second kappa shape index (κ2) is 7.93. The number of Topliss-reactive ketones (excluding diaryl/α,β-unsaturated/α-hetero) is 1. The van der Waals surface area contributed by atoms with Crippen LogP contribution in [0.2, 0.25) is 0 Å². The van der Waals surface area contributed by atoms with E-state index in [4.69, 9.17) is 4.74 Å². The van der Waals surface area contributed by atoms with Crippen molar-refractivity contribution in [3.8, 4) is 0 Å². The first kappa shape index (κ1) is 19.8. The topological polar surface area (TPSA) is 80.8 Å². The minimum absolute atomic E-state index is 0.236. The van der Waals surface area contributed by atoms with Crippen molar-refractivity contribution in [3.63, 3.8) is 0 Å². The van der Waals surface area contributed by atoms with E-state index in [1.807, 2.05) is 0 Å². The van der Waals surface area contributed by atoms with Crippen LogP contribution in [0.25, 0.3) is 6.08 Å². The molecule has 0 fully saturated rings. The third-order valence-corrected chi connectivity index (χ3v) is 5.48. The first-order chi connectivity index (χ1) is 13.3. The lowest BCUT2D eigenvalue weighted by molar-refractivity contribution is -0.136. The zero-order chi connectivity index (χ0) is 20.3. The van der Waals surface area contributed by atoms with E-state index in [0.29, 0.717) is 24.2 Å². The van der Waals surface area contributed by atoms with Gasteiger partial charge in [-0.3, -0.25) is 9.10 Å². The molecule has 0 bridgehead atoms. The fourth-order valence-corrected chi connectivity index (χ4v) is 3.88. The molecule has 1 heterocycles. The molecule has 8 heteroatoms. The monoisotopic (exact) mass is 403 g/mol. The Kier molecular flexibility index (Phi) is 5.60. The van der Waals surface area contributed by atoms with Gasteiger partial charge in [-0.15, -0.1) is 0 Å². The van der Waals surface area contributed by atoms with Crippen molar-refractivity contribution in [1.82, 2.24) is 0 Å².